The molecule has 33 heavy (non-hydrogen) atoms. The van der Waals surface area contributed by atoms with E-state index in [1.807, 2.05) is 23.1 Å². The van der Waals surface area contributed by atoms with Crippen molar-refractivity contribution in [2.24, 2.45) is 0 Å². The van der Waals surface area contributed by atoms with Gasteiger partial charge in [-0.15, -0.1) is 0 Å². The van der Waals surface area contributed by atoms with E-state index in [9.17, 15) is 4.39 Å². The number of ether oxygens (including phenoxy) is 1. The van der Waals surface area contributed by atoms with E-state index in [4.69, 9.17) is 33.7 Å². The second kappa shape index (κ2) is 9.87. The predicted molar refractivity (Wildman–Crippen MR) is 130 cm³/mol. The number of rotatable bonds is 6. The molecule has 3 aromatic rings. The summed E-state index contributed by atoms with van der Waals surface area (Å²) < 4.78 is 22.0. The maximum Gasteiger partial charge on any atom is 0.166 e. The average molecular weight is 492 g/mol. The maximum atomic E-state index is 13.9. The molecule has 1 aliphatic rings. The fourth-order valence-electron chi connectivity index (χ4n) is 4.23. The first-order valence-electron chi connectivity index (χ1n) is 11.1. The van der Waals surface area contributed by atoms with E-state index in [1.54, 1.807) is 13.1 Å². The SMILES string of the molecule is CC(C)N1CCC(n2cc(-c3cnc(N)c(O[C@H](C)c4c(Cl)ccc(F)c4Cl)c3)cn2)CC1. The van der Waals surface area contributed by atoms with Crippen molar-refractivity contribution in [1.82, 2.24) is 19.7 Å². The lowest BCUT2D eigenvalue weighted by molar-refractivity contribution is 0.147. The van der Waals surface area contributed by atoms with Crippen LogP contribution in [0.1, 0.15) is 51.3 Å². The van der Waals surface area contributed by atoms with Crippen molar-refractivity contribution in [2.75, 3.05) is 18.8 Å². The van der Waals surface area contributed by atoms with Crippen LogP contribution < -0.4 is 10.5 Å². The molecule has 0 amide bonds. The number of pyridine rings is 1. The van der Waals surface area contributed by atoms with E-state index in [-0.39, 0.29) is 10.8 Å². The van der Waals surface area contributed by atoms with Crippen LogP contribution >= 0.6 is 23.2 Å². The lowest BCUT2D eigenvalue weighted by Gasteiger charge is -2.34. The number of halogens is 3. The highest BCUT2D eigenvalue weighted by Gasteiger charge is 2.23. The molecule has 3 heterocycles. The molecule has 1 aliphatic heterocycles. The number of piperidine rings is 1. The summed E-state index contributed by atoms with van der Waals surface area (Å²) in [6.07, 6.45) is 7.07. The maximum absolute atomic E-state index is 13.9. The highest BCUT2D eigenvalue weighted by Crippen LogP contribution is 2.37. The van der Waals surface area contributed by atoms with Crippen LogP contribution in [0.15, 0.2) is 36.8 Å². The average Bonchev–Trinajstić information content (AvgIpc) is 3.28. The Balaban J connectivity index is 1.52. The van der Waals surface area contributed by atoms with E-state index >= 15 is 0 Å². The Bertz CT molecular complexity index is 1130. The Labute approximate surface area is 203 Å². The Morgan fingerprint density at radius 2 is 1.85 bits per heavy atom. The Morgan fingerprint density at radius 3 is 2.55 bits per heavy atom. The molecule has 0 aliphatic carbocycles. The van der Waals surface area contributed by atoms with Gasteiger partial charge in [0, 0.05) is 53.2 Å². The Kier molecular flexibility index (Phi) is 7.12. The van der Waals surface area contributed by atoms with Gasteiger partial charge >= 0.3 is 0 Å². The van der Waals surface area contributed by atoms with Crippen molar-refractivity contribution in [3.05, 3.63) is 58.2 Å². The first-order valence-corrected chi connectivity index (χ1v) is 11.8. The van der Waals surface area contributed by atoms with Gasteiger partial charge in [-0.05, 0) is 51.8 Å². The molecule has 0 unspecified atom stereocenters. The van der Waals surface area contributed by atoms with Gasteiger partial charge in [0.05, 0.1) is 17.3 Å². The molecule has 1 fully saturated rings. The molecule has 0 saturated carbocycles. The van der Waals surface area contributed by atoms with Crippen LogP contribution in [-0.4, -0.2) is 38.8 Å². The molecule has 2 aromatic heterocycles. The Morgan fingerprint density at radius 1 is 1.12 bits per heavy atom. The molecule has 6 nitrogen and oxygen atoms in total. The second-order valence-corrected chi connectivity index (χ2v) is 9.48. The summed E-state index contributed by atoms with van der Waals surface area (Å²) in [5.41, 5.74) is 8.17. The minimum absolute atomic E-state index is 0.0672. The number of benzene rings is 1. The number of nitrogens with zero attached hydrogens (tertiary/aromatic N) is 4. The summed E-state index contributed by atoms with van der Waals surface area (Å²) in [4.78, 5) is 6.78. The number of hydrogen-bond donors (Lipinski definition) is 1. The lowest BCUT2D eigenvalue weighted by atomic mass is 10.0. The lowest BCUT2D eigenvalue weighted by Crippen LogP contribution is -2.39. The van der Waals surface area contributed by atoms with E-state index in [0.717, 1.165) is 37.1 Å². The zero-order valence-electron chi connectivity index (χ0n) is 18.9. The van der Waals surface area contributed by atoms with Crippen molar-refractivity contribution < 1.29 is 9.13 Å². The van der Waals surface area contributed by atoms with Crippen molar-refractivity contribution in [2.45, 2.75) is 51.8 Å². The molecule has 176 valence electrons. The molecular formula is C24H28Cl2FN5O. The smallest absolute Gasteiger partial charge is 0.166 e. The highest BCUT2D eigenvalue weighted by molar-refractivity contribution is 6.36. The van der Waals surface area contributed by atoms with Crippen LogP contribution in [0.5, 0.6) is 5.75 Å². The minimum Gasteiger partial charge on any atom is -0.482 e. The van der Waals surface area contributed by atoms with Gasteiger partial charge in [0.1, 0.15) is 11.9 Å². The molecule has 1 atom stereocenters. The summed E-state index contributed by atoms with van der Waals surface area (Å²) in [6, 6.07) is 5.43. The number of nitrogen functional groups attached to an aromatic ring is 1. The van der Waals surface area contributed by atoms with Crippen LogP contribution in [-0.2, 0) is 0 Å². The van der Waals surface area contributed by atoms with Gasteiger partial charge in [0.25, 0.3) is 0 Å². The van der Waals surface area contributed by atoms with E-state index in [1.165, 1.54) is 12.1 Å². The van der Waals surface area contributed by atoms with Crippen LogP contribution in [0.2, 0.25) is 10.0 Å². The van der Waals surface area contributed by atoms with Crippen molar-refractivity contribution in [3.63, 3.8) is 0 Å². The quantitative estimate of drug-likeness (QED) is 0.418. The molecular weight excluding hydrogens is 464 g/mol. The Hall–Kier alpha value is -2.35. The third-order valence-electron chi connectivity index (χ3n) is 6.21. The zero-order chi connectivity index (χ0) is 23.7. The summed E-state index contributed by atoms with van der Waals surface area (Å²) in [5, 5.41) is 4.85. The van der Waals surface area contributed by atoms with Crippen LogP contribution in [0.3, 0.4) is 0 Å². The van der Waals surface area contributed by atoms with E-state index < -0.39 is 11.9 Å². The fraction of sp³-hybridized carbons (Fsp3) is 0.417. The number of likely N-dealkylation sites (tertiary alicyclic amines) is 1. The van der Waals surface area contributed by atoms with E-state index in [2.05, 4.69) is 28.8 Å². The normalized spacial score (nSPS) is 16.3. The first kappa shape index (κ1) is 23.8. The summed E-state index contributed by atoms with van der Waals surface area (Å²) >= 11 is 12.4. The molecule has 0 bridgehead atoms. The second-order valence-electron chi connectivity index (χ2n) is 8.69. The van der Waals surface area contributed by atoms with E-state index in [0.29, 0.717) is 28.4 Å². The summed E-state index contributed by atoms with van der Waals surface area (Å²) in [5.74, 6) is 0.0371. The minimum atomic E-state index is -0.631. The van der Waals surface area contributed by atoms with Crippen molar-refractivity contribution >= 4 is 29.0 Å². The third kappa shape index (κ3) is 5.10. The van der Waals surface area contributed by atoms with Crippen molar-refractivity contribution in [1.29, 1.82) is 0 Å². The van der Waals surface area contributed by atoms with Crippen LogP contribution in [0.25, 0.3) is 11.1 Å². The van der Waals surface area contributed by atoms with Crippen LogP contribution in [0.4, 0.5) is 10.2 Å². The molecule has 0 spiro atoms. The van der Waals surface area contributed by atoms with Crippen LogP contribution in [0, 0.1) is 5.82 Å². The largest absolute Gasteiger partial charge is 0.482 e. The monoisotopic (exact) mass is 491 g/mol. The topological polar surface area (TPSA) is 69.2 Å². The number of hydrogen-bond acceptors (Lipinski definition) is 5. The molecule has 0 radical (unpaired) electrons. The van der Waals surface area contributed by atoms with Gasteiger partial charge in [0.15, 0.2) is 11.6 Å². The molecule has 1 aromatic carbocycles. The van der Waals surface area contributed by atoms with Gasteiger partial charge in [-0.2, -0.15) is 5.10 Å². The summed E-state index contributed by atoms with van der Waals surface area (Å²) in [6.45, 7) is 8.35. The standard InChI is InChI=1S/C24H28Cl2FN5O/c1-14(2)31-8-6-18(7-9-31)32-13-17(12-30-32)16-10-21(24(28)29-11-16)33-15(3)22-19(25)4-5-20(27)23(22)26/h4-5,10-15,18H,6-9H2,1-3H3,(H2,28,29)/t15-/m1/s1. The number of aromatic nitrogens is 3. The molecule has 2 N–H and O–H groups in total. The number of nitrogens with two attached hydrogens (primary N) is 1. The molecule has 1 saturated heterocycles. The molecule has 9 heteroatoms. The zero-order valence-corrected chi connectivity index (χ0v) is 20.4. The van der Waals surface area contributed by atoms with Gasteiger partial charge in [0.2, 0.25) is 0 Å². The van der Waals surface area contributed by atoms with Gasteiger partial charge in [-0.3, -0.25) is 4.68 Å². The first-order chi connectivity index (χ1) is 15.7. The van der Waals surface area contributed by atoms with Gasteiger partial charge in [-0.1, -0.05) is 23.2 Å². The third-order valence-corrected chi connectivity index (χ3v) is 6.92. The number of anilines is 1. The van der Waals surface area contributed by atoms with Gasteiger partial charge in [-0.25, -0.2) is 9.37 Å². The summed E-state index contributed by atoms with van der Waals surface area (Å²) in [7, 11) is 0. The fourth-order valence-corrected chi connectivity index (χ4v) is 4.90. The predicted octanol–water partition coefficient (Wildman–Crippen LogP) is 6.16. The van der Waals surface area contributed by atoms with Crippen molar-refractivity contribution in [3.8, 4) is 16.9 Å². The highest BCUT2D eigenvalue weighted by atomic mass is 35.5. The molecule has 4 rings (SSSR count). The van der Waals surface area contributed by atoms with Gasteiger partial charge < -0.3 is 15.4 Å².